The van der Waals surface area contributed by atoms with Crippen LogP contribution in [0.1, 0.15) is 59.4 Å². The largest absolute Gasteiger partial charge is 0.385 e. The highest BCUT2D eigenvalue weighted by Gasteiger charge is 2.34. The summed E-state index contributed by atoms with van der Waals surface area (Å²) in [7, 11) is 0. The predicted octanol–water partition coefficient (Wildman–Crippen LogP) is 4.76. The number of aliphatic hydroxyl groups is 1. The summed E-state index contributed by atoms with van der Waals surface area (Å²) < 4.78 is 1.84. The third-order valence-electron chi connectivity index (χ3n) is 7.27. The van der Waals surface area contributed by atoms with Crippen LogP contribution in [0.2, 0.25) is 0 Å². The number of benzene rings is 1. The first kappa shape index (κ1) is 24.8. The van der Waals surface area contributed by atoms with Crippen molar-refractivity contribution in [2.45, 2.75) is 51.6 Å². The Morgan fingerprint density at radius 2 is 1.86 bits per heavy atom. The van der Waals surface area contributed by atoms with Crippen molar-refractivity contribution < 1.29 is 9.90 Å². The molecule has 0 saturated carbocycles. The Labute approximate surface area is 217 Å². The van der Waals surface area contributed by atoms with Gasteiger partial charge in [-0.05, 0) is 57.2 Å². The molecule has 1 aromatic heterocycles. The molecule has 190 valence electrons. The van der Waals surface area contributed by atoms with Gasteiger partial charge in [-0.15, -0.1) is 0 Å². The Morgan fingerprint density at radius 1 is 1.08 bits per heavy atom. The molecule has 1 amide bonds. The number of nitrogens with zero attached hydrogens (tertiary/aromatic N) is 4. The van der Waals surface area contributed by atoms with Crippen LogP contribution in [0.4, 0.5) is 0 Å². The Morgan fingerprint density at radius 3 is 2.59 bits per heavy atom. The monoisotopic (exact) mass is 495 g/mol. The average Bonchev–Trinajstić information content (AvgIpc) is 3.21. The van der Waals surface area contributed by atoms with E-state index in [4.69, 9.17) is 0 Å². The summed E-state index contributed by atoms with van der Waals surface area (Å²) >= 11 is 0. The number of amides is 1. The summed E-state index contributed by atoms with van der Waals surface area (Å²) in [5, 5.41) is 18.7. The van der Waals surface area contributed by atoms with Crippen LogP contribution in [0.5, 0.6) is 0 Å². The SMILES string of the molecule is Cc1nn(C2=CCCC=C2)c(C)c1C(=O)NC1=C=CN=C(N2CCC(O)(c3ccccc3)CC2)CC=C1. The van der Waals surface area contributed by atoms with Gasteiger partial charge in [0.2, 0.25) is 0 Å². The molecule has 1 aliphatic carbocycles. The van der Waals surface area contributed by atoms with Crippen molar-refractivity contribution in [1.82, 2.24) is 20.0 Å². The number of hydrogen-bond acceptors (Lipinski definition) is 5. The zero-order valence-electron chi connectivity index (χ0n) is 21.4. The van der Waals surface area contributed by atoms with E-state index in [0.29, 0.717) is 36.2 Å². The normalized spacial score (nSPS) is 19.0. The van der Waals surface area contributed by atoms with Gasteiger partial charge in [0.1, 0.15) is 5.84 Å². The first-order valence-corrected chi connectivity index (χ1v) is 12.9. The third kappa shape index (κ3) is 5.29. The summed E-state index contributed by atoms with van der Waals surface area (Å²) in [5.41, 5.74) is 6.92. The summed E-state index contributed by atoms with van der Waals surface area (Å²) in [5.74, 6) is 0.731. The van der Waals surface area contributed by atoms with Crippen molar-refractivity contribution in [3.63, 3.8) is 0 Å². The molecule has 7 nitrogen and oxygen atoms in total. The van der Waals surface area contributed by atoms with Gasteiger partial charge in [0.25, 0.3) is 5.91 Å². The van der Waals surface area contributed by atoms with E-state index >= 15 is 0 Å². The zero-order chi connectivity index (χ0) is 25.8. The van der Waals surface area contributed by atoms with Gasteiger partial charge in [0.05, 0.1) is 40.1 Å². The Balaban J connectivity index is 1.26. The van der Waals surface area contributed by atoms with Crippen LogP contribution in [0.15, 0.2) is 83.3 Å². The van der Waals surface area contributed by atoms with E-state index in [2.05, 4.69) is 38.2 Å². The van der Waals surface area contributed by atoms with Crippen molar-refractivity contribution in [2.75, 3.05) is 13.1 Å². The number of carbonyl (C=O) groups excluding carboxylic acids is 1. The van der Waals surface area contributed by atoms with Gasteiger partial charge in [0, 0.05) is 19.5 Å². The summed E-state index contributed by atoms with van der Waals surface area (Å²) in [4.78, 5) is 20.0. The van der Waals surface area contributed by atoms with Crippen molar-refractivity contribution in [2.24, 2.45) is 4.99 Å². The number of likely N-dealkylation sites (tertiary alicyclic amines) is 1. The molecule has 3 heterocycles. The maximum atomic E-state index is 13.2. The van der Waals surface area contributed by atoms with Gasteiger partial charge < -0.3 is 15.3 Å². The fourth-order valence-corrected chi connectivity index (χ4v) is 5.18. The van der Waals surface area contributed by atoms with Gasteiger partial charge in [-0.25, -0.2) is 9.67 Å². The fraction of sp³-hybridized carbons (Fsp3) is 0.333. The molecule has 5 rings (SSSR count). The summed E-state index contributed by atoms with van der Waals surface area (Å²) in [6.45, 7) is 5.24. The van der Waals surface area contributed by atoms with Gasteiger partial charge in [-0.2, -0.15) is 5.10 Å². The van der Waals surface area contributed by atoms with Crippen LogP contribution in [-0.4, -0.2) is 44.6 Å². The second-order valence-corrected chi connectivity index (χ2v) is 9.74. The molecule has 2 aromatic rings. The smallest absolute Gasteiger partial charge is 0.259 e. The van der Waals surface area contributed by atoms with Gasteiger partial charge in [-0.1, -0.05) is 54.3 Å². The minimum absolute atomic E-state index is 0.205. The molecule has 3 aliphatic rings. The second kappa shape index (κ2) is 10.6. The summed E-state index contributed by atoms with van der Waals surface area (Å²) in [6, 6.07) is 9.89. The molecular weight excluding hydrogens is 462 g/mol. The Bertz CT molecular complexity index is 1360. The molecule has 1 aromatic carbocycles. The van der Waals surface area contributed by atoms with Crippen molar-refractivity contribution in [3.8, 4) is 0 Å². The van der Waals surface area contributed by atoms with Crippen LogP contribution in [0.25, 0.3) is 5.70 Å². The van der Waals surface area contributed by atoms with Crippen LogP contribution in [0, 0.1) is 13.8 Å². The molecule has 37 heavy (non-hydrogen) atoms. The highest BCUT2D eigenvalue weighted by atomic mass is 16.3. The predicted molar refractivity (Wildman–Crippen MR) is 146 cm³/mol. The third-order valence-corrected chi connectivity index (χ3v) is 7.27. The minimum atomic E-state index is -0.795. The lowest BCUT2D eigenvalue weighted by atomic mass is 9.84. The number of nitrogens with one attached hydrogen (secondary N) is 1. The number of rotatable bonds is 4. The number of aryl methyl sites for hydroxylation is 1. The van der Waals surface area contributed by atoms with E-state index in [1.165, 1.54) is 0 Å². The van der Waals surface area contributed by atoms with Crippen molar-refractivity contribution in [3.05, 3.63) is 101 Å². The lowest BCUT2D eigenvalue weighted by Crippen LogP contribution is -2.45. The molecule has 1 saturated heterocycles. The standard InChI is InChI=1S/C30H33N5O2/c1-22-28(23(2)35(33-22)26-13-7-4-8-14-26)29(36)32-25-12-9-15-27(31-19-16-25)34-20-17-30(37,18-21-34)24-10-5-3-6-11-24/h3,5-7,9-14,19,37H,4,8,15,17-18,20-21H2,1-2H3,(H,32,36). The maximum absolute atomic E-state index is 13.2. The molecule has 7 heteroatoms. The average molecular weight is 496 g/mol. The highest BCUT2D eigenvalue weighted by molar-refractivity contribution is 5.98. The van der Waals surface area contributed by atoms with Gasteiger partial charge >= 0.3 is 0 Å². The molecule has 0 unspecified atom stereocenters. The van der Waals surface area contributed by atoms with Gasteiger partial charge in [-0.3, -0.25) is 4.79 Å². The summed E-state index contributed by atoms with van der Waals surface area (Å²) in [6.07, 6.45) is 15.7. The number of carbonyl (C=O) groups is 1. The molecule has 1 fully saturated rings. The fourth-order valence-electron chi connectivity index (χ4n) is 5.18. The Kier molecular flexibility index (Phi) is 7.08. The number of aliphatic imine (C=N–C) groups is 1. The second-order valence-electron chi connectivity index (χ2n) is 9.74. The number of allylic oxidation sites excluding steroid dienone is 5. The van der Waals surface area contributed by atoms with E-state index in [1.807, 2.05) is 67.1 Å². The lowest BCUT2D eigenvalue weighted by molar-refractivity contribution is -0.0124. The molecule has 0 bridgehead atoms. The number of hydrogen-bond donors (Lipinski definition) is 2. The minimum Gasteiger partial charge on any atom is -0.385 e. The van der Waals surface area contributed by atoms with Crippen molar-refractivity contribution >= 4 is 17.4 Å². The van der Waals surface area contributed by atoms with Crippen LogP contribution < -0.4 is 5.32 Å². The van der Waals surface area contributed by atoms with Crippen molar-refractivity contribution in [1.29, 1.82) is 0 Å². The van der Waals surface area contributed by atoms with Crippen LogP contribution in [-0.2, 0) is 5.60 Å². The number of aromatic nitrogens is 2. The van der Waals surface area contributed by atoms with Crippen LogP contribution >= 0.6 is 0 Å². The van der Waals surface area contributed by atoms with E-state index in [9.17, 15) is 9.90 Å². The number of amidine groups is 1. The topological polar surface area (TPSA) is 82.8 Å². The van der Waals surface area contributed by atoms with E-state index < -0.39 is 5.60 Å². The first-order chi connectivity index (χ1) is 17.9. The van der Waals surface area contributed by atoms with Gasteiger partial charge in [0.15, 0.2) is 0 Å². The van der Waals surface area contributed by atoms with E-state index in [1.54, 1.807) is 6.20 Å². The molecule has 0 atom stereocenters. The quantitative estimate of drug-likeness (QED) is 0.599. The first-order valence-electron chi connectivity index (χ1n) is 12.9. The maximum Gasteiger partial charge on any atom is 0.259 e. The van der Waals surface area contributed by atoms with E-state index in [0.717, 1.165) is 48.7 Å². The Hall–Kier alpha value is -3.93. The molecule has 0 spiro atoms. The van der Waals surface area contributed by atoms with Crippen LogP contribution in [0.3, 0.4) is 0 Å². The molecule has 0 radical (unpaired) electrons. The lowest BCUT2D eigenvalue weighted by Gasteiger charge is -2.39. The van der Waals surface area contributed by atoms with E-state index in [-0.39, 0.29) is 5.91 Å². The molecule has 2 aliphatic heterocycles. The highest BCUT2D eigenvalue weighted by Crippen LogP contribution is 2.33. The zero-order valence-corrected chi connectivity index (χ0v) is 21.4. The molecular formula is C30H33N5O2. The molecule has 2 N–H and O–H groups in total. The number of piperidine rings is 1.